The Balaban J connectivity index is 2.11. The van der Waals surface area contributed by atoms with Gasteiger partial charge in [-0.2, -0.15) is 0 Å². The van der Waals surface area contributed by atoms with Crippen LogP contribution < -0.4 is 4.90 Å². The van der Waals surface area contributed by atoms with Gasteiger partial charge in [0.05, 0.1) is 0 Å². The van der Waals surface area contributed by atoms with Crippen molar-refractivity contribution < 1.29 is 0 Å². The molecule has 2 atom stereocenters. The van der Waals surface area contributed by atoms with Crippen LogP contribution in [0.15, 0.2) is 18.3 Å². The minimum atomic E-state index is 0.729. The second-order valence-electron chi connectivity index (χ2n) is 5.67. The number of anilines is 1. The lowest BCUT2D eigenvalue weighted by atomic mass is 9.79. The summed E-state index contributed by atoms with van der Waals surface area (Å²) in [7, 11) is 0. The highest BCUT2D eigenvalue weighted by Crippen LogP contribution is 2.31. The molecule has 18 heavy (non-hydrogen) atoms. The molecule has 0 unspecified atom stereocenters. The molecule has 1 fully saturated rings. The second kappa shape index (κ2) is 5.44. The van der Waals surface area contributed by atoms with Crippen LogP contribution in [0.1, 0.15) is 32.8 Å². The van der Waals surface area contributed by atoms with Gasteiger partial charge in [0.1, 0.15) is 5.82 Å². The number of aromatic nitrogens is 1. The molecule has 0 aliphatic carbocycles. The number of hydrogen-bond acceptors (Lipinski definition) is 2. The van der Waals surface area contributed by atoms with Crippen LogP contribution in [0.25, 0.3) is 0 Å². The lowest BCUT2D eigenvalue weighted by molar-refractivity contribution is 0.232. The van der Waals surface area contributed by atoms with E-state index in [1.807, 2.05) is 12.1 Å². The minimum Gasteiger partial charge on any atom is -0.356 e. The number of terminal acetylenes is 1. The van der Waals surface area contributed by atoms with Crippen LogP contribution in [0.4, 0.5) is 5.82 Å². The maximum Gasteiger partial charge on any atom is 0.128 e. The number of rotatable bonds is 2. The van der Waals surface area contributed by atoms with Crippen LogP contribution in [0, 0.1) is 30.1 Å². The van der Waals surface area contributed by atoms with Crippen molar-refractivity contribution in [3.63, 3.8) is 0 Å². The number of nitrogens with zero attached hydrogens (tertiary/aromatic N) is 2. The van der Waals surface area contributed by atoms with E-state index in [0.29, 0.717) is 0 Å². The van der Waals surface area contributed by atoms with E-state index in [4.69, 9.17) is 6.42 Å². The van der Waals surface area contributed by atoms with Crippen LogP contribution in [0.5, 0.6) is 0 Å². The fourth-order valence-corrected chi connectivity index (χ4v) is 2.83. The number of piperidine rings is 1. The molecular weight excluding hydrogens is 220 g/mol. The van der Waals surface area contributed by atoms with Crippen molar-refractivity contribution in [2.75, 3.05) is 18.0 Å². The summed E-state index contributed by atoms with van der Waals surface area (Å²) in [4.78, 5) is 6.87. The first-order valence-corrected chi connectivity index (χ1v) is 6.79. The van der Waals surface area contributed by atoms with Gasteiger partial charge in [-0.05, 0) is 36.3 Å². The van der Waals surface area contributed by atoms with E-state index in [9.17, 15) is 0 Å². The molecule has 0 amide bonds. The van der Waals surface area contributed by atoms with E-state index in [2.05, 4.69) is 36.6 Å². The van der Waals surface area contributed by atoms with Crippen molar-refractivity contribution >= 4 is 5.82 Å². The molecule has 1 aromatic rings. The summed E-state index contributed by atoms with van der Waals surface area (Å²) in [6, 6.07) is 4.02. The van der Waals surface area contributed by atoms with Crippen LogP contribution in [0.2, 0.25) is 0 Å². The average molecular weight is 242 g/mol. The Morgan fingerprint density at radius 3 is 2.78 bits per heavy atom. The van der Waals surface area contributed by atoms with Gasteiger partial charge >= 0.3 is 0 Å². The highest BCUT2D eigenvalue weighted by Gasteiger charge is 2.28. The second-order valence-corrected chi connectivity index (χ2v) is 5.67. The van der Waals surface area contributed by atoms with Gasteiger partial charge in [0.15, 0.2) is 0 Å². The van der Waals surface area contributed by atoms with E-state index in [1.165, 1.54) is 6.42 Å². The summed E-state index contributed by atoms with van der Waals surface area (Å²) in [6.07, 6.45) is 8.40. The van der Waals surface area contributed by atoms with Crippen molar-refractivity contribution in [1.82, 2.24) is 4.98 Å². The predicted octanol–water partition coefficient (Wildman–Crippen LogP) is 3.18. The number of pyridine rings is 1. The van der Waals surface area contributed by atoms with Gasteiger partial charge in [0, 0.05) is 24.8 Å². The zero-order chi connectivity index (χ0) is 13.1. The standard InChI is InChI=1S/C16H22N2/c1-5-14-6-7-16(17-10-14)18-9-8-13(4)15(11-18)12(2)3/h1,6-7,10,12-13,15H,8-9,11H2,2-4H3/t13-,15-/m1/s1. The minimum absolute atomic E-state index is 0.729. The van der Waals surface area contributed by atoms with Gasteiger partial charge < -0.3 is 4.90 Å². The van der Waals surface area contributed by atoms with E-state index in [0.717, 1.165) is 42.2 Å². The van der Waals surface area contributed by atoms with Crippen LogP contribution >= 0.6 is 0 Å². The molecule has 0 radical (unpaired) electrons. The molecule has 1 aliphatic rings. The molecule has 0 aromatic carbocycles. The molecule has 1 saturated heterocycles. The monoisotopic (exact) mass is 242 g/mol. The highest BCUT2D eigenvalue weighted by atomic mass is 15.2. The normalized spacial score (nSPS) is 24.1. The molecule has 2 heterocycles. The Bertz CT molecular complexity index is 427. The summed E-state index contributed by atoms with van der Waals surface area (Å²) in [5.74, 6) is 5.97. The lowest BCUT2D eigenvalue weighted by Gasteiger charge is -2.39. The Hall–Kier alpha value is -1.49. The SMILES string of the molecule is C#Cc1ccc(N2CC[C@@H](C)[C@@H](C(C)C)C2)nc1. The molecule has 0 spiro atoms. The van der Waals surface area contributed by atoms with Crippen molar-refractivity contribution in [2.24, 2.45) is 17.8 Å². The van der Waals surface area contributed by atoms with E-state index in [-0.39, 0.29) is 0 Å². The molecule has 2 nitrogen and oxygen atoms in total. The molecule has 1 aromatic heterocycles. The first-order chi connectivity index (χ1) is 8.61. The Morgan fingerprint density at radius 1 is 1.44 bits per heavy atom. The highest BCUT2D eigenvalue weighted by molar-refractivity contribution is 5.43. The molecule has 2 rings (SSSR count). The fourth-order valence-electron chi connectivity index (χ4n) is 2.83. The third-order valence-corrected chi connectivity index (χ3v) is 4.11. The summed E-state index contributed by atoms with van der Waals surface area (Å²) >= 11 is 0. The zero-order valence-corrected chi connectivity index (χ0v) is 11.6. The molecule has 0 saturated carbocycles. The smallest absolute Gasteiger partial charge is 0.128 e. The first-order valence-electron chi connectivity index (χ1n) is 6.79. The van der Waals surface area contributed by atoms with Crippen molar-refractivity contribution in [3.05, 3.63) is 23.9 Å². The molecule has 0 bridgehead atoms. The topological polar surface area (TPSA) is 16.1 Å². The first kappa shape index (κ1) is 13.0. The van der Waals surface area contributed by atoms with Gasteiger partial charge in [-0.25, -0.2) is 4.98 Å². The molecule has 1 aliphatic heterocycles. The van der Waals surface area contributed by atoms with E-state index >= 15 is 0 Å². The maximum atomic E-state index is 5.35. The van der Waals surface area contributed by atoms with Gasteiger partial charge in [-0.1, -0.05) is 26.7 Å². The summed E-state index contributed by atoms with van der Waals surface area (Å²) in [6.45, 7) is 9.23. The Morgan fingerprint density at radius 2 is 2.22 bits per heavy atom. The van der Waals surface area contributed by atoms with E-state index < -0.39 is 0 Å². The fraction of sp³-hybridized carbons (Fsp3) is 0.562. The number of hydrogen-bond donors (Lipinski definition) is 0. The average Bonchev–Trinajstić information content (AvgIpc) is 2.39. The third kappa shape index (κ3) is 2.67. The summed E-state index contributed by atoms with van der Waals surface area (Å²) in [5.41, 5.74) is 0.851. The molecule has 0 N–H and O–H groups in total. The third-order valence-electron chi connectivity index (χ3n) is 4.11. The van der Waals surface area contributed by atoms with Crippen molar-refractivity contribution in [1.29, 1.82) is 0 Å². The van der Waals surface area contributed by atoms with Crippen molar-refractivity contribution in [2.45, 2.75) is 27.2 Å². The van der Waals surface area contributed by atoms with Crippen LogP contribution in [-0.2, 0) is 0 Å². The Kier molecular flexibility index (Phi) is 3.91. The maximum absolute atomic E-state index is 5.35. The summed E-state index contributed by atoms with van der Waals surface area (Å²) in [5, 5.41) is 0. The van der Waals surface area contributed by atoms with Crippen LogP contribution in [0.3, 0.4) is 0 Å². The summed E-state index contributed by atoms with van der Waals surface area (Å²) < 4.78 is 0. The predicted molar refractivity (Wildman–Crippen MR) is 76.5 cm³/mol. The van der Waals surface area contributed by atoms with Crippen LogP contribution in [-0.4, -0.2) is 18.1 Å². The van der Waals surface area contributed by atoms with E-state index in [1.54, 1.807) is 6.20 Å². The van der Waals surface area contributed by atoms with Gasteiger partial charge in [-0.3, -0.25) is 0 Å². The molecule has 96 valence electrons. The quantitative estimate of drug-likeness (QED) is 0.740. The Labute approximate surface area is 110 Å². The molecule has 2 heteroatoms. The van der Waals surface area contributed by atoms with Gasteiger partial charge in [0.25, 0.3) is 0 Å². The molecular formula is C16H22N2. The van der Waals surface area contributed by atoms with Gasteiger partial charge in [0.2, 0.25) is 0 Å². The van der Waals surface area contributed by atoms with Crippen molar-refractivity contribution in [3.8, 4) is 12.3 Å². The lowest BCUT2D eigenvalue weighted by Crippen LogP contribution is -2.42. The zero-order valence-electron chi connectivity index (χ0n) is 11.6. The van der Waals surface area contributed by atoms with Gasteiger partial charge in [-0.15, -0.1) is 6.42 Å². The largest absolute Gasteiger partial charge is 0.356 e.